The van der Waals surface area contributed by atoms with E-state index in [4.69, 9.17) is 5.11 Å². The first kappa shape index (κ1) is 12.9. The van der Waals surface area contributed by atoms with Crippen molar-refractivity contribution in [3.05, 3.63) is 39.6 Å². The maximum Gasteiger partial charge on any atom is 0.331 e. The van der Waals surface area contributed by atoms with Gasteiger partial charge in [0.1, 0.15) is 5.82 Å². The van der Waals surface area contributed by atoms with Crippen LogP contribution in [0, 0.1) is 5.82 Å². The zero-order valence-corrected chi connectivity index (χ0v) is 10.6. The zero-order chi connectivity index (χ0) is 12.3. The number of halogens is 2. The second-order valence-electron chi connectivity index (χ2n) is 3.39. The molecule has 1 aromatic rings. The highest BCUT2D eigenvalue weighted by Crippen LogP contribution is 2.25. The van der Waals surface area contributed by atoms with Crippen LogP contribution in [-0.2, 0) is 4.79 Å². The lowest BCUT2D eigenvalue weighted by Gasteiger charge is -2.07. The summed E-state index contributed by atoms with van der Waals surface area (Å²) >= 11 is 3.08. The molecule has 0 unspecified atom stereocenters. The number of hydrogen-bond donors (Lipinski definition) is 1. The van der Waals surface area contributed by atoms with Gasteiger partial charge in [0.25, 0.3) is 0 Å². The standard InChI is InChI=1S/C12H12BrFO2/c1-3-9(12(15)16)7(2)8-4-5-11(14)10(13)6-8/h4-6H,3H2,1-2H3,(H,15,16)/b9-7-. The molecule has 1 rings (SSSR count). The van der Waals surface area contributed by atoms with Crippen LogP contribution >= 0.6 is 15.9 Å². The van der Waals surface area contributed by atoms with Crippen molar-refractivity contribution in [3.63, 3.8) is 0 Å². The van der Waals surface area contributed by atoms with Crippen molar-refractivity contribution >= 4 is 27.5 Å². The molecular formula is C12H12BrFO2. The van der Waals surface area contributed by atoms with E-state index < -0.39 is 5.97 Å². The molecule has 0 saturated carbocycles. The van der Waals surface area contributed by atoms with Gasteiger partial charge in [-0.15, -0.1) is 0 Å². The number of carboxylic acid groups (broad SMARTS) is 1. The average molecular weight is 287 g/mol. The molecule has 86 valence electrons. The molecule has 1 N–H and O–H groups in total. The Morgan fingerprint density at radius 1 is 1.50 bits per heavy atom. The molecule has 0 atom stereocenters. The van der Waals surface area contributed by atoms with Crippen LogP contribution in [0.5, 0.6) is 0 Å². The van der Waals surface area contributed by atoms with Crippen LogP contribution in [0.4, 0.5) is 4.39 Å². The van der Waals surface area contributed by atoms with Gasteiger partial charge in [-0.3, -0.25) is 0 Å². The first-order valence-corrected chi connectivity index (χ1v) is 5.65. The lowest BCUT2D eigenvalue weighted by Crippen LogP contribution is -2.02. The Morgan fingerprint density at radius 2 is 2.12 bits per heavy atom. The SMILES string of the molecule is CC/C(C(=O)O)=C(\C)c1ccc(F)c(Br)c1. The number of allylic oxidation sites excluding steroid dienone is 1. The molecule has 0 bridgehead atoms. The first-order valence-electron chi connectivity index (χ1n) is 4.85. The van der Waals surface area contributed by atoms with Crippen LogP contribution in [0.1, 0.15) is 25.8 Å². The van der Waals surface area contributed by atoms with Crippen LogP contribution in [0.3, 0.4) is 0 Å². The molecule has 0 fully saturated rings. The van der Waals surface area contributed by atoms with E-state index in [0.29, 0.717) is 27.6 Å². The molecule has 0 saturated heterocycles. The molecule has 0 aromatic heterocycles. The number of aliphatic carboxylic acids is 1. The fraction of sp³-hybridized carbons (Fsp3) is 0.250. The van der Waals surface area contributed by atoms with Crippen molar-refractivity contribution in [2.45, 2.75) is 20.3 Å². The predicted octanol–water partition coefficient (Wildman–Crippen LogP) is 3.86. The molecule has 0 aliphatic heterocycles. The van der Waals surface area contributed by atoms with Gasteiger partial charge >= 0.3 is 5.97 Å². The summed E-state index contributed by atoms with van der Waals surface area (Å²) in [6, 6.07) is 4.48. The molecular weight excluding hydrogens is 275 g/mol. The maximum atomic E-state index is 13.0. The fourth-order valence-electron chi connectivity index (χ4n) is 1.48. The highest BCUT2D eigenvalue weighted by molar-refractivity contribution is 9.10. The largest absolute Gasteiger partial charge is 0.478 e. The molecule has 0 aliphatic carbocycles. The highest BCUT2D eigenvalue weighted by Gasteiger charge is 2.11. The Morgan fingerprint density at radius 3 is 2.56 bits per heavy atom. The van der Waals surface area contributed by atoms with E-state index in [1.807, 2.05) is 0 Å². The molecule has 4 heteroatoms. The van der Waals surface area contributed by atoms with Crippen molar-refractivity contribution in [1.82, 2.24) is 0 Å². The normalized spacial score (nSPS) is 12.2. The molecule has 2 nitrogen and oxygen atoms in total. The minimum atomic E-state index is -0.930. The smallest absolute Gasteiger partial charge is 0.331 e. The second-order valence-corrected chi connectivity index (χ2v) is 4.25. The third-order valence-electron chi connectivity index (χ3n) is 2.42. The summed E-state index contributed by atoms with van der Waals surface area (Å²) in [4.78, 5) is 11.0. The molecule has 16 heavy (non-hydrogen) atoms. The molecule has 0 radical (unpaired) electrons. The van der Waals surface area contributed by atoms with Crippen molar-refractivity contribution < 1.29 is 14.3 Å². The van der Waals surface area contributed by atoms with Crippen LogP contribution in [-0.4, -0.2) is 11.1 Å². The highest BCUT2D eigenvalue weighted by atomic mass is 79.9. The van der Waals surface area contributed by atoms with Crippen molar-refractivity contribution in [2.24, 2.45) is 0 Å². The number of carboxylic acids is 1. The fourth-order valence-corrected chi connectivity index (χ4v) is 1.86. The van der Waals surface area contributed by atoms with Gasteiger partial charge in [0, 0.05) is 5.57 Å². The second kappa shape index (κ2) is 5.25. The van der Waals surface area contributed by atoms with Gasteiger partial charge in [0.15, 0.2) is 0 Å². The summed E-state index contributed by atoms with van der Waals surface area (Å²) in [5, 5.41) is 8.99. The Balaban J connectivity index is 3.27. The third-order valence-corrected chi connectivity index (χ3v) is 3.02. The van der Waals surface area contributed by atoms with Crippen LogP contribution < -0.4 is 0 Å². The minimum Gasteiger partial charge on any atom is -0.478 e. The Labute approximate surface area is 102 Å². The lowest BCUT2D eigenvalue weighted by molar-refractivity contribution is -0.132. The quantitative estimate of drug-likeness (QED) is 0.857. The molecule has 0 amide bonds. The van der Waals surface area contributed by atoms with E-state index in [1.165, 1.54) is 6.07 Å². The van der Waals surface area contributed by atoms with Crippen LogP contribution in [0.25, 0.3) is 5.57 Å². The van der Waals surface area contributed by atoms with Gasteiger partial charge in [-0.05, 0) is 52.5 Å². The lowest BCUT2D eigenvalue weighted by atomic mass is 10.00. The van der Waals surface area contributed by atoms with E-state index in [-0.39, 0.29) is 5.82 Å². The molecule has 0 aliphatic rings. The topological polar surface area (TPSA) is 37.3 Å². The number of hydrogen-bond acceptors (Lipinski definition) is 1. The Bertz CT molecular complexity index is 452. The summed E-state index contributed by atoms with van der Waals surface area (Å²) in [7, 11) is 0. The van der Waals surface area contributed by atoms with Gasteiger partial charge < -0.3 is 5.11 Å². The Hall–Kier alpha value is -1.16. The predicted molar refractivity (Wildman–Crippen MR) is 64.6 cm³/mol. The van der Waals surface area contributed by atoms with E-state index in [9.17, 15) is 9.18 Å². The van der Waals surface area contributed by atoms with Crippen LogP contribution in [0.15, 0.2) is 28.2 Å². The van der Waals surface area contributed by atoms with E-state index in [1.54, 1.807) is 26.0 Å². The van der Waals surface area contributed by atoms with Gasteiger partial charge in [-0.25, -0.2) is 9.18 Å². The number of benzene rings is 1. The molecule has 0 spiro atoms. The monoisotopic (exact) mass is 286 g/mol. The average Bonchev–Trinajstić information content (AvgIpc) is 2.22. The number of rotatable bonds is 3. The zero-order valence-electron chi connectivity index (χ0n) is 9.05. The van der Waals surface area contributed by atoms with E-state index in [0.717, 1.165) is 0 Å². The molecule has 1 aromatic carbocycles. The summed E-state index contributed by atoms with van der Waals surface area (Å²) in [6.07, 6.45) is 0.441. The van der Waals surface area contributed by atoms with Gasteiger partial charge in [0.05, 0.1) is 4.47 Å². The maximum absolute atomic E-state index is 13.0. The third kappa shape index (κ3) is 2.70. The summed E-state index contributed by atoms with van der Waals surface area (Å²) in [5.41, 5.74) is 1.72. The van der Waals surface area contributed by atoms with E-state index >= 15 is 0 Å². The van der Waals surface area contributed by atoms with Crippen molar-refractivity contribution in [3.8, 4) is 0 Å². The van der Waals surface area contributed by atoms with Crippen LogP contribution in [0.2, 0.25) is 0 Å². The Kier molecular flexibility index (Phi) is 4.24. The summed E-state index contributed by atoms with van der Waals surface area (Å²) in [6.45, 7) is 3.51. The van der Waals surface area contributed by atoms with Gasteiger partial charge in [-0.1, -0.05) is 13.0 Å². The van der Waals surface area contributed by atoms with E-state index in [2.05, 4.69) is 15.9 Å². The summed E-state index contributed by atoms with van der Waals surface area (Å²) < 4.78 is 13.4. The van der Waals surface area contributed by atoms with Gasteiger partial charge in [0.2, 0.25) is 0 Å². The first-order chi connectivity index (χ1) is 7.47. The minimum absolute atomic E-state index is 0.338. The van der Waals surface area contributed by atoms with Gasteiger partial charge in [-0.2, -0.15) is 0 Å². The van der Waals surface area contributed by atoms with Crippen molar-refractivity contribution in [2.75, 3.05) is 0 Å². The molecule has 0 heterocycles. The number of carbonyl (C=O) groups is 1. The van der Waals surface area contributed by atoms with Crippen molar-refractivity contribution in [1.29, 1.82) is 0 Å². The summed E-state index contributed by atoms with van der Waals surface area (Å²) in [5.74, 6) is -1.29.